The summed E-state index contributed by atoms with van der Waals surface area (Å²) in [6.45, 7) is 2.01. The second-order valence-electron chi connectivity index (χ2n) is 7.54. The van der Waals surface area contributed by atoms with Gasteiger partial charge in [-0.05, 0) is 60.5 Å². The molecule has 0 aliphatic carbocycles. The Bertz CT molecular complexity index is 1430. The number of benzene rings is 3. The molecule has 0 unspecified atom stereocenters. The van der Waals surface area contributed by atoms with Gasteiger partial charge in [0.15, 0.2) is 0 Å². The molecule has 3 aromatic carbocycles. The maximum absolute atomic E-state index is 13.0. The van der Waals surface area contributed by atoms with Crippen LogP contribution in [0.15, 0.2) is 75.9 Å². The van der Waals surface area contributed by atoms with E-state index in [4.69, 9.17) is 20.8 Å². The first-order valence-electron chi connectivity index (χ1n) is 10.0. The number of fused-ring (bicyclic) bond motifs is 1. The molecule has 9 heteroatoms. The van der Waals surface area contributed by atoms with Gasteiger partial charge in [0.2, 0.25) is 0 Å². The maximum Gasteiger partial charge on any atom is 0.417 e. The number of carbonyl (C=O) groups is 1. The van der Waals surface area contributed by atoms with E-state index in [9.17, 15) is 22.8 Å². The summed E-state index contributed by atoms with van der Waals surface area (Å²) in [5.41, 5.74) is 0.757. The second-order valence-corrected chi connectivity index (χ2v) is 7.95. The Morgan fingerprint density at radius 3 is 2.47 bits per heavy atom. The highest BCUT2D eigenvalue weighted by Gasteiger charge is 2.33. The molecule has 0 aliphatic heterocycles. The van der Waals surface area contributed by atoms with Crippen molar-refractivity contribution in [3.63, 3.8) is 0 Å². The van der Waals surface area contributed by atoms with Crippen molar-refractivity contribution in [1.82, 2.24) is 0 Å². The fraction of sp³-hybridized carbons (Fsp3) is 0.120. The Labute approximate surface area is 196 Å². The molecule has 5 nitrogen and oxygen atoms in total. The van der Waals surface area contributed by atoms with Gasteiger partial charge >= 0.3 is 11.8 Å². The van der Waals surface area contributed by atoms with E-state index in [1.807, 2.05) is 6.92 Å². The summed E-state index contributed by atoms with van der Waals surface area (Å²) in [6, 6.07) is 16.2. The number of hydrogen-bond acceptors (Lipinski definition) is 4. The van der Waals surface area contributed by atoms with E-state index in [-0.39, 0.29) is 17.9 Å². The normalized spacial score (nSPS) is 11.4. The summed E-state index contributed by atoms with van der Waals surface area (Å²) >= 11 is 5.60. The van der Waals surface area contributed by atoms with Gasteiger partial charge in [0.05, 0.1) is 10.6 Å². The quantitative estimate of drug-likeness (QED) is 0.322. The Hall–Kier alpha value is -3.78. The van der Waals surface area contributed by atoms with Crippen molar-refractivity contribution in [2.24, 2.45) is 0 Å². The number of rotatable bonds is 5. The van der Waals surface area contributed by atoms with Crippen LogP contribution < -0.4 is 15.7 Å². The molecule has 0 saturated carbocycles. The van der Waals surface area contributed by atoms with Gasteiger partial charge in [-0.3, -0.25) is 4.79 Å². The van der Waals surface area contributed by atoms with Crippen LogP contribution in [0.25, 0.3) is 11.0 Å². The Kier molecular flexibility index (Phi) is 6.34. The minimum absolute atomic E-state index is 0.0210. The average molecular weight is 488 g/mol. The largest absolute Gasteiger partial charge is 0.489 e. The van der Waals surface area contributed by atoms with Crippen molar-refractivity contribution in [1.29, 1.82) is 0 Å². The van der Waals surface area contributed by atoms with Gasteiger partial charge in [0, 0.05) is 28.8 Å². The molecule has 0 spiro atoms. The molecule has 1 heterocycles. The molecule has 1 N–H and O–H groups in total. The smallest absolute Gasteiger partial charge is 0.417 e. The molecule has 4 rings (SSSR count). The molecule has 0 bridgehead atoms. The van der Waals surface area contributed by atoms with Gasteiger partial charge in [-0.25, -0.2) is 4.79 Å². The van der Waals surface area contributed by atoms with E-state index in [0.717, 1.165) is 28.6 Å². The summed E-state index contributed by atoms with van der Waals surface area (Å²) in [4.78, 5) is 24.0. The van der Waals surface area contributed by atoms with E-state index >= 15 is 0 Å². The van der Waals surface area contributed by atoms with Crippen molar-refractivity contribution in [3.8, 4) is 5.75 Å². The lowest BCUT2D eigenvalue weighted by Crippen LogP contribution is -2.13. The lowest BCUT2D eigenvalue weighted by atomic mass is 10.1. The zero-order chi connectivity index (χ0) is 24.5. The minimum atomic E-state index is -4.63. The number of amides is 1. The summed E-state index contributed by atoms with van der Waals surface area (Å²) in [6.07, 6.45) is -4.63. The van der Waals surface area contributed by atoms with Gasteiger partial charge in [0.1, 0.15) is 17.9 Å². The van der Waals surface area contributed by atoms with Crippen LogP contribution in [0.5, 0.6) is 5.75 Å². The average Bonchev–Trinajstić information content (AvgIpc) is 2.78. The van der Waals surface area contributed by atoms with Gasteiger partial charge in [-0.15, -0.1) is 0 Å². The van der Waals surface area contributed by atoms with E-state index in [0.29, 0.717) is 11.3 Å². The predicted molar refractivity (Wildman–Crippen MR) is 122 cm³/mol. The summed E-state index contributed by atoms with van der Waals surface area (Å²) in [7, 11) is 0. The van der Waals surface area contributed by atoms with Gasteiger partial charge in [-0.2, -0.15) is 13.2 Å². The van der Waals surface area contributed by atoms with Crippen molar-refractivity contribution >= 4 is 34.2 Å². The van der Waals surface area contributed by atoms with E-state index in [2.05, 4.69) is 5.32 Å². The summed E-state index contributed by atoms with van der Waals surface area (Å²) in [5, 5.41) is 2.80. The molecule has 0 aliphatic rings. The number of anilines is 1. The fourth-order valence-corrected chi connectivity index (χ4v) is 3.56. The molecule has 1 amide bonds. The van der Waals surface area contributed by atoms with E-state index in [1.165, 1.54) is 24.3 Å². The molecular weight excluding hydrogens is 471 g/mol. The number of halogens is 4. The van der Waals surface area contributed by atoms with Crippen LogP contribution in [-0.2, 0) is 12.8 Å². The molecule has 0 fully saturated rings. The van der Waals surface area contributed by atoms with Crippen molar-refractivity contribution < 1.29 is 27.1 Å². The van der Waals surface area contributed by atoms with E-state index < -0.39 is 28.3 Å². The number of nitrogens with one attached hydrogen (secondary N) is 1. The molecule has 1 aromatic heterocycles. The highest BCUT2D eigenvalue weighted by Crippen LogP contribution is 2.36. The highest BCUT2D eigenvalue weighted by molar-refractivity contribution is 6.31. The Balaban J connectivity index is 1.42. The third kappa shape index (κ3) is 5.23. The fourth-order valence-electron chi connectivity index (χ4n) is 3.34. The highest BCUT2D eigenvalue weighted by atomic mass is 35.5. The van der Waals surface area contributed by atoms with Gasteiger partial charge in [0.25, 0.3) is 5.91 Å². The lowest BCUT2D eigenvalue weighted by molar-refractivity contribution is -0.137. The van der Waals surface area contributed by atoms with Crippen LogP contribution in [0.3, 0.4) is 0 Å². The summed E-state index contributed by atoms with van der Waals surface area (Å²) in [5.74, 6) is -0.0610. The van der Waals surface area contributed by atoms with Gasteiger partial charge < -0.3 is 14.5 Å². The van der Waals surface area contributed by atoms with Crippen molar-refractivity contribution in [3.05, 3.63) is 104 Å². The first-order chi connectivity index (χ1) is 16.1. The van der Waals surface area contributed by atoms with Crippen LogP contribution >= 0.6 is 11.6 Å². The van der Waals surface area contributed by atoms with Crippen LogP contribution in [0.1, 0.15) is 27.0 Å². The molecule has 174 valence electrons. The van der Waals surface area contributed by atoms with Gasteiger partial charge in [-0.1, -0.05) is 23.7 Å². The third-order valence-corrected chi connectivity index (χ3v) is 5.40. The molecule has 34 heavy (non-hydrogen) atoms. The zero-order valence-corrected chi connectivity index (χ0v) is 18.5. The van der Waals surface area contributed by atoms with Crippen LogP contribution in [0.4, 0.5) is 18.9 Å². The first kappa shape index (κ1) is 23.4. The standard InChI is InChI=1S/C25H17ClF3NO4/c1-14-10-23(31)34-22-12-18(7-8-19(14)22)33-13-15-2-4-16(5-3-15)24(32)30-17-6-9-21(26)20(11-17)25(27,28)29/h2-12H,13H2,1H3,(H,30,32). The Morgan fingerprint density at radius 1 is 1.03 bits per heavy atom. The van der Waals surface area contributed by atoms with E-state index in [1.54, 1.807) is 30.3 Å². The second kappa shape index (κ2) is 9.23. The summed E-state index contributed by atoms with van der Waals surface area (Å²) < 4.78 is 50.0. The van der Waals surface area contributed by atoms with Crippen molar-refractivity contribution in [2.75, 3.05) is 5.32 Å². The number of alkyl halides is 3. The number of aryl methyl sites for hydroxylation is 1. The maximum atomic E-state index is 13.0. The minimum Gasteiger partial charge on any atom is -0.489 e. The van der Waals surface area contributed by atoms with Crippen LogP contribution in [0, 0.1) is 6.92 Å². The zero-order valence-electron chi connectivity index (χ0n) is 17.7. The topological polar surface area (TPSA) is 68.5 Å². The number of ether oxygens (including phenoxy) is 1. The molecule has 0 atom stereocenters. The molecule has 4 aromatic rings. The monoisotopic (exact) mass is 487 g/mol. The Morgan fingerprint density at radius 2 is 1.76 bits per heavy atom. The molecule has 0 saturated heterocycles. The number of carbonyl (C=O) groups excluding carboxylic acids is 1. The first-order valence-corrected chi connectivity index (χ1v) is 10.4. The van der Waals surface area contributed by atoms with Crippen LogP contribution in [-0.4, -0.2) is 5.91 Å². The molecule has 0 radical (unpaired) electrons. The third-order valence-electron chi connectivity index (χ3n) is 5.07. The number of hydrogen-bond donors (Lipinski definition) is 1. The molecular formula is C25H17ClF3NO4. The predicted octanol–water partition coefficient (Wildman–Crippen LogP) is 6.60. The van der Waals surface area contributed by atoms with Crippen molar-refractivity contribution in [2.45, 2.75) is 19.7 Å². The lowest BCUT2D eigenvalue weighted by Gasteiger charge is -2.12. The van der Waals surface area contributed by atoms with Crippen LogP contribution in [0.2, 0.25) is 5.02 Å². The SMILES string of the molecule is Cc1cc(=O)oc2cc(OCc3ccc(C(=O)Nc4ccc(Cl)c(C(F)(F)F)c4)cc3)ccc12.